The van der Waals surface area contributed by atoms with Crippen LogP contribution in [0.3, 0.4) is 0 Å². The Balaban J connectivity index is 1.96. The molecule has 8 heteroatoms. The summed E-state index contributed by atoms with van der Waals surface area (Å²) in [6, 6.07) is 5.83. The maximum absolute atomic E-state index is 13.3. The highest BCUT2D eigenvalue weighted by Crippen LogP contribution is 2.13. The van der Waals surface area contributed by atoms with E-state index in [1.165, 1.54) is 12.1 Å². The molecular weight excluding hydrogens is 290 g/mol. The molecule has 1 aromatic heterocycles. The molecule has 0 aliphatic heterocycles. The van der Waals surface area contributed by atoms with Gasteiger partial charge in [0, 0.05) is 12.1 Å². The lowest BCUT2D eigenvalue weighted by atomic mass is 10.2. The van der Waals surface area contributed by atoms with Gasteiger partial charge < -0.3 is 9.73 Å². The van der Waals surface area contributed by atoms with E-state index in [0.717, 1.165) is 18.2 Å². The van der Waals surface area contributed by atoms with Crippen LogP contribution >= 0.6 is 0 Å². The average Bonchev–Trinajstić information content (AvgIpc) is 2.82. The molecule has 0 atom stereocenters. The summed E-state index contributed by atoms with van der Waals surface area (Å²) in [6.07, 6.45) is 0. The van der Waals surface area contributed by atoms with E-state index in [1.54, 1.807) is 0 Å². The summed E-state index contributed by atoms with van der Waals surface area (Å²) in [5.41, 5.74) is 0.170. The second-order valence-electron chi connectivity index (χ2n) is 4.11. The van der Waals surface area contributed by atoms with Gasteiger partial charge in [0.2, 0.25) is 5.09 Å². The molecule has 0 aliphatic rings. The zero-order valence-electron chi connectivity index (χ0n) is 10.3. The molecule has 1 aromatic carbocycles. The van der Waals surface area contributed by atoms with Crippen LogP contribution < -0.4 is 10.5 Å². The van der Waals surface area contributed by atoms with Crippen LogP contribution in [0.4, 0.5) is 8.78 Å². The van der Waals surface area contributed by atoms with Crippen LogP contribution in [-0.4, -0.2) is 8.42 Å². The average molecular weight is 302 g/mol. The Bertz CT molecular complexity index is 713. The van der Waals surface area contributed by atoms with Crippen molar-refractivity contribution < 1.29 is 21.6 Å². The smallest absolute Gasteiger partial charge is 0.271 e. The number of primary sulfonamides is 1. The Morgan fingerprint density at radius 3 is 2.55 bits per heavy atom. The van der Waals surface area contributed by atoms with Gasteiger partial charge in [-0.25, -0.2) is 22.3 Å². The first-order valence-electron chi connectivity index (χ1n) is 5.62. The van der Waals surface area contributed by atoms with E-state index < -0.39 is 21.7 Å². The molecular formula is C12H12F2N2O3S. The van der Waals surface area contributed by atoms with Crippen molar-refractivity contribution in [2.75, 3.05) is 0 Å². The molecule has 0 spiro atoms. The fourth-order valence-electron chi connectivity index (χ4n) is 1.61. The molecule has 0 aliphatic carbocycles. The minimum atomic E-state index is -3.88. The highest BCUT2D eigenvalue weighted by atomic mass is 32.2. The summed E-state index contributed by atoms with van der Waals surface area (Å²) in [7, 11) is -3.88. The van der Waals surface area contributed by atoms with Gasteiger partial charge in [-0.15, -0.1) is 0 Å². The molecule has 5 nitrogen and oxygen atoms in total. The standard InChI is InChI=1S/C12H12F2N2O3S/c13-9-1-3-11(14)8(5-9)6-16-7-10-2-4-12(19-10)20(15,17)18/h1-5,16H,6-7H2,(H2,15,17,18). The molecule has 0 radical (unpaired) electrons. The molecule has 0 amide bonds. The molecule has 108 valence electrons. The van der Waals surface area contributed by atoms with Crippen LogP contribution in [-0.2, 0) is 23.1 Å². The van der Waals surface area contributed by atoms with Gasteiger partial charge in [0.15, 0.2) is 0 Å². The number of nitrogens with one attached hydrogen (secondary N) is 1. The Morgan fingerprint density at radius 1 is 1.15 bits per heavy atom. The maximum Gasteiger partial charge on any atom is 0.271 e. The topological polar surface area (TPSA) is 85.3 Å². The molecule has 0 saturated carbocycles. The number of furan rings is 1. The third-order valence-electron chi connectivity index (χ3n) is 2.54. The fraction of sp³-hybridized carbons (Fsp3) is 0.167. The Labute approximate surface area is 114 Å². The molecule has 0 unspecified atom stereocenters. The molecule has 3 N–H and O–H groups in total. The number of hydrogen-bond acceptors (Lipinski definition) is 4. The van der Waals surface area contributed by atoms with Crippen LogP contribution in [0.15, 0.2) is 39.8 Å². The van der Waals surface area contributed by atoms with Gasteiger partial charge in [0.1, 0.15) is 17.4 Å². The van der Waals surface area contributed by atoms with E-state index in [0.29, 0.717) is 5.76 Å². The van der Waals surface area contributed by atoms with Gasteiger partial charge in [0.25, 0.3) is 10.0 Å². The van der Waals surface area contributed by atoms with Crippen molar-refractivity contribution in [3.05, 3.63) is 53.3 Å². The van der Waals surface area contributed by atoms with Crippen molar-refractivity contribution in [2.45, 2.75) is 18.2 Å². The normalized spacial score (nSPS) is 11.8. The summed E-state index contributed by atoms with van der Waals surface area (Å²) in [5, 5.41) is 7.37. The van der Waals surface area contributed by atoms with Gasteiger partial charge in [-0.1, -0.05) is 0 Å². The SMILES string of the molecule is NS(=O)(=O)c1ccc(CNCc2cc(F)ccc2F)o1. The minimum Gasteiger partial charge on any atom is -0.447 e. The fourth-order valence-corrected chi connectivity index (χ4v) is 2.09. The number of nitrogens with two attached hydrogens (primary N) is 1. The van der Waals surface area contributed by atoms with E-state index in [1.807, 2.05) is 0 Å². The second-order valence-corrected chi connectivity index (χ2v) is 5.60. The summed E-state index contributed by atoms with van der Waals surface area (Å²) >= 11 is 0. The summed E-state index contributed by atoms with van der Waals surface area (Å²) in [6.45, 7) is 0.237. The van der Waals surface area contributed by atoms with E-state index >= 15 is 0 Å². The number of rotatable bonds is 5. The lowest BCUT2D eigenvalue weighted by Crippen LogP contribution is -2.14. The number of halogens is 2. The summed E-state index contributed by atoms with van der Waals surface area (Å²) in [5.74, 6) is -0.730. The van der Waals surface area contributed by atoms with Gasteiger partial charge >= 0.3 is 0 Å². The van der Waals surface area contributed by atoms with Crippen molar-refractivity contribution in [1.82, 2.24) is 5.32 Å². The van der Waals surface area contributed by atoms with Crippen LogP contribution in [0, 0.1) is 11.6 Å². The predicted octanol–water partition coefficient (Wildman–Crippen LogP) is 1.50. The zero-order valence-corrected chi connectivity index (χ0v) is 11.1. The molecule has 0 fully saturated rings. The van der Waals surface area contributed by atoms with Gasteiger partial charge in [-0.3, -0.25) is 0 Å². The van der Waals surface area contributed by atoms with E-state index in [-0.39, 0.29) is 23.7 Å². The maximum atomic E-state index is 13.3. The lowest BCUT2D eigenvalue weighted by Gasteiger charge is -2.04. The van der Waals surface area contributed by atoms with Crippen molar-refractivity contribution >= 4 is 10.0 Å². The largest absolute Gasteiger partial charge is 0.447 e. The first kappa shape index (κ1) is 14.6. The Morgan fingerprint density at radius 2 is 1.90 bits per heavy atom. The molecule has 2 rings (SSSR count). The van der Waals surface area contributed by atoms with Gasteiger partial charge in [-0.2, -0.15) is 0 Å². The second kappa shape index (κ2) is 5.70. The highest BCUT2D eigenvalue weighted by molar-refractivity contribution is 7.89. The third kappa shape index (κ3) is 3.62. The van der Waals surface area contributed by atoms with Crippen molar-refractivity contribution in [3.8, 4) is 0 Å². The quantitative estimate of drug-likeness (QED) is 0.876. The summed E-state index contributed by atoms with van der Waals surface area (Å²) in [4.78, 5) is 0. The predicted molar refractivity (Wildman–Crippen MR) is 67.0 cm³/mol. The van der Waals surface area contributed by atoms with E-state index in [2.05, 4.69) is 5.32 Å². The molecule has 0 bridgehead atoms. The lowest BCUT2D eigenvalue weighted by molar-refractivity contribution is 0.401. The van der Waals surface area contributed by atoms with Crippen LogP contribution in [0.1, 0.15) is 11.3 Å². The highest BCUT2D eigenvalue weighted by Gasteiger charge is 2.13. The van der Waals surface area contributed by atoms with Crippen LogP contribution in [0.5, 0.6) is 0 Å². The molecule has 1 heterocycles. The van der Waals surface area contributed by atoms with Gasteiger partial charge in [0.05, 0.1) is 6.54 Å². The third-order valence-corrected chi connectivity index (χ3v) is 3.32. The minimum absolute atomic E-state index is 0.0784. The van der Waals surface area contributed by atoms with Crippen molar-refractivity contribution in [2.24, 2.45) is 5.14 Å². The Kier molecular flexibility index (Phi) is 4.17. The van der Waals surface area contributed by atoms with Crippen molar-refractivity contribution in [3.63, 3.8) is 0 Å². The molecule has 20 heavy (non-hydrogen) atoms. The molecule has 0 saturated heterocycles. The zero-order chi connectivity index (χ0) is 14.8. The van der Waals surface area contributed by atoms with Crippen LogP contribution in [0.25, 0.3) is 0 Å². The van der Waals surface area contributed by atoms with E-state index in [9.17, 15) is 17.2 Å². The van der Waals surface area contributed by atoms with Crippen molar-refractivity contribution in [1.29, 1.82) is 0 Å². The first-order valence-corrected chi connectivity index (χ1v) is 7.17. The summed E-state index contributed by atoms with van der Waals surface area (Å²) < 4.78 is 53.3. The van der Waals surface area contributed by atoms with E-state index in [4.69, 9.17) is 9.56 Å². The van der Waals surface area contributed by atoms with Crippen LogP contribution in [0.2, 0.25) is 0 Å². The molecule has 2 aromatic rings. The first-order chi connectivity index (χ1) is 9.36. The number of benzene rings is 1. The van der Waals surface area contributed by atoms with Gasteiger partial charge in [-0.05, 0) is 30.3 Å². The monoisotopic (exact) mass is 302 g/mol. The number of hydrogen-bond donors (Lipinski definition) is 2. The number of sulfonamides is 1. The Hall–Kier alpha value is -1.77.